The lowest BCUT2D eigenvalue weighted by molar-refractivity contribution is -0.165. The molecule has 2 saturated heterocycles. The van der Waals surface area contributed by atoms with Gasteiger partial charge in [0.15, 0.2) is 0 Å². The van der Waals surface area contributed by atoms with Gasteiger partial charge in [-0.2, -0.15) is 0 Å². The van der Waals surface area contributed by atoms with Crippen molar-refractivity contribution in [2.45, 2.75) is 89.3 Å². The molecule has 0 aromatic rings. The van der Waals surface area contributed by atoms with E-state index in [1.807, 2.05) is 26.0 Å². The summed E-state index contributed by atoms with van der Waals surface area (Å²) in [6.07, 6.45) is 6.10. The van der Waals surface area contributed by atoms with Crippen molar-refractivity contribution in [3.05, 3.63) is 24.3 Å². The van der Waals surface area contributed by atoms with Gasteiger partial charge < -0.3 is 19.3 Å². The summed E-state index contributed by atoms with van der Waals surface area (Å²) in [4.78, 5) is 24.0. The van der Waals surface area contributed by atoms with Gasteiger partial charge in [-0.25, -0.2) is 4.79 Å². The van der Waals surface area contributed by atoms with Crippen molar-refractivity contribution < 1.29 is 28.9 Å². The van der Waals surface area contributed by atoms with Crippen LogP contribution in [0.25, 0.3) is 0 Å². The van der Waals surface area contributed by atoms with E-state index in [1.54, 1.807) is 6.92 Å². The molecule has 0 saturated carbocycles. The number of rotatable bonds is 1. The monoisotopic (exact) mass is 392 g/mol. The van der Waals surface area contributed by atoms with Gasteiger partial charge in [-0.1, -0.05) is 25.7 Å². The molecule has 3 aliphatic rings. The van der Waals surface area contributed by atoms with E-state index in [1.165, 1.54) is 6.92 Å². The number of esters is 2. The van der Waals surface area contributed by atoms with Crippen molar-refractivity contribution in [2.24, 2.45) is 11.8 Å². The zero-order valence-electron chi connectivity index (χ0n) is 17.3. The molecule has 2 heterocycles. The molecule has 7 atom stereocenters. The molecular weight excluding hydrogens is 360 g/mol. The maximum Gasteiger partial charge on any atom is 0.334 e. The van der Waals surface area contributed by atoms with E-state index in [2.05, 4.69) is 6.58 Å². The van der Waals surface area contributed by atoms with Crippen molar-refractivity contribution in [2.75, 3.05) is 0 Å². The minimum atomic E-state index is -0.891. The summed E-state index contributed by atoms with van der Waals surface area (Å²) in [5.41, 5.74) is -0.786. The number of epoxide rings is 1. The number of carbonyl (C=O) groups is 2. The summed E-state index contributed by atoms with van der Waals surface area (Å²) < 4.78 is 17.2. The summed E-state index contributed by atoms with van der Waals surface area (Å²) >= 11 is 0. The van der Waals surface area contributed by atoms with Crippen LogP contribution in [0.2, 0.25) is 0 Å². The van der Waals surface area contributed by atoms with Gasteiger partial charge in [0.1, 0.15) is 12.2 Å². The molecule has 0 aromatic carbocycles. The van der Waals surface area contributed by atoms with E-state index in [0.717, 1.165) is 12.8 Å². The summed E-state index contributed by atoms with van der Waals surface area (Å²) in [6.45, 7) is 11.1. The summed E-state index contributed by atoms with van der Waals surface area (Å²) in [5, 5.41) is 10.6. The van der Waals surface area contributed by atoms with Gasteiger partial charge in [0, 0.05) is 18.4 Å². The number of fused-ring (bicyclic) bond motifs is 2. The summed E-state index contributed by atoms with van der Waals surface area (Å²) in [7, 11) is 0. The number of hydrogen-bond donors (Lipinski definition) is 1. The number of ether oxygens (including phenoxy) is 3. The van der Waals surface area contributed by atoms with Crippen LogP contribution in [-0.2, 0) is 23.8 Å². The van der Waals surface area contributed by atoms with E-state index in [-0.39, 0.29) is 23.5 Å². The Morgan fingerprint density at radius 3 is 2.79 bits per heavy atom. The normalized spacial score (nSPS) is 45.2. The Balaban J connectivity index is 1.89. The molecule has 0 aromatic heterocycles. The lowest BCUT2D eigenvalue weighted by Gasteiger charge is -2.31. The molecule has 3 rings (SSSR count). The van der Waals surface area contributed by atoms with E-state index in [0.29, 0.717) is 24.8 Å². The first-order chi connectivity index (χ1) is 13.0. The SMILES string of the molecule is C=C1C(=O)O[C@H]2[C@@H](OC(C)=O)[C@H](C)CCC[C@](C)(O)/C=C\C[C@@]3(C)O[C@@H]3C[C@@H]12. The highest BCUT2D eigenvalue weighted by molar-refractivity contribution is 5.91. The highest BCUT2D eigenvalue weighted by atomic mass is 16.6. The van der Waals surface area contributed by atoms with E-state index in [4.69, 9.17) is 14.2 Å². The first-order valence-electron chi connectivity index (χ1n) is 10.2. The zero-order valence-corrected chi connectivity index (χ0v) is 17.3. The Bertz CT molecular complexity index is 681. The smallest absolute Gasteiger partial charge is 0.334 e. The van der Waals surface area contributed by atoms with Crippen molar-refractivity contribution in [3.8, 4) is 0 Å². The van der Waals surface area contributed by atoms with Crippen LogP contribution in [0.15, 0.2) is 24.3 Å². The molecule has 156 valence electrons. The average Bonchev–Trinajstić information content (AvgIpc) is 3.13. The van der Waals surface area contributed by atoms with Gasteiger partial charge in [-0.3, -0.25) is 4.79 Å². The van der Waals surface area contributed by atoms with Crippen LogP contribution in [0, 0.1) is 11.8 Å². The molecule has 28 heavy (non-hydrogen) atoms. The lowest BCUT2D eigenvalue weighted by Crippen LogP contribution is -2.40. The van der Waals surface area contributed by atoms with E-state index >= 15 is 0 Å². The number of aliphatic hydroxyl groups is 1. The van der Waals surface area contributed by atoms with Gasteiger partial charge in [0.25, 0.3) is 0 Å². The van der Waals surface area contributed by atoms with Crippen LogP contribution < -0.4 is 0 Å². The summed E-state index contributed by atoms with van der Waals surface area (Å²) in [5.74, 6) is -1.08. The van der Waals surface area contributed by atoms with Crippen LogP contribution in [0.5, 0.6) is 0 Å². The Morgan fingerprint density at radius 2 is 2.11 bits per heavy atom. The Kier molecular flexibility index (Phi) is 5.74. The molecule has 0 radical (unpaired) electrons. The van der Waals surface area contributed by atoms with E-state index < -0.39 is 29.7 Å². The first-order valence-corrected chi connectivity index (χ1v) is 10.2. The third-order valence-electron chi connectivity index (χ3n) is 6.38. The Hall–Kier alpha value is -1.66. The van der Waals surface area contributed by atoms with Crippen molar-refractivity contribution in [1.29, 1.82) is 0 Å². The molecule has 2 fully saturated rings. The molecule has 6 heteroatoms. The molecule has 2 aliphatic heterocycles. The second kappa shape index (κ2) is 7.64. The van der Waals surface area contributed by atoms with Gasteiger partial charge in [-0.15, -0.1) is 0 Å². The third kappa shape index (κ3) is 4.49. The fraction of sp³-hybridized carbons (Fsp3) is 0.727. The summed E-state index contributed by atoms with van der Waals surface area (Å²) in [6, 6.07) is 0. The molecule has 0 spiro atoms. The van der Waals surface area contributed by atoms with Gasteiger partial charge in [0.05, 0.1) is 17.3 Å². The first kappa shape index (κ1) is 21.1. The number of carbonyl (C=O) groups excluding carboxylic acids is 2. The quantitative estimate of drug-likeness (QED) is 0.319. The van der Waals surface area contributed by atoms with Gasteiger partial charge in [0.2, 0.25) is 0 Å². The predicted molar refractivity (Wildman–Crippen MR) is 103 cm³/mol. The molecule has 0 unspecified atom stereocenters. The largest absolute Gasteiger partial charge is 0.458 e. The maximum absolute atomic E-state index is 12.3. The highest BCUT2D eigenvalue weighted by Gasteiger charge is 2.56. The Labute approximate surface area is 166 Å². The van der Waals surface area contributed by atoms with Crippen LogP contribution in [0.1, 0.15) is 59.8 Å². The second-order valence-electron chi connectivity index (χ2n) is 9.06. The molecule has 1 aliphatic carbocycles. The predicted octanol–water partition coefficient (Wildman–Crippen LogP) is 3.08. The molecular formula is C22H32O6. The fourth-order valence-corrected chi connectivity index (χ4v) is 4.48. The second-order valence-corrected chi connectivity index (χ2v) is 9.06. The van der Waals surface area contributed by atoms with Crippen molar-refractivity contribution in [3.63, 3.8) is 0 Å². The fourth-order valence-electron chi connectivity index (χ4n) is 4.48. The molecule has 0 bridgehead atoms. The van der Waals surface area contributed by atoms with E-state index in [9.17, 15) is 14.7 Å². The number of hydrogen-bond acceptors (Lipinski definition) is 6. The molecule has 6 nitrogen and oxygen atoms in total. The van der Waals surface area contributed by atoms with Crippen LogP contribution in [0.4, 0.5) is 0 Å². The lowest BCUT2D eigenvalue weighted by atomic mass is 9.81. The van der Waals surface area contributed by atoms with Crippen LogP contribution in [-0.4, -0.2) is 46.6 Å². The zero-order chi connectivity index (χ0) is 20.7. The minimum Gasteiger partial charge on any atom is -0.458 e. The highest BCUT2D eigenvalue weighted by Crippen LogP contribution is 2.47. The van der Waals surface area contributed by atoms with Crippen LogP contribution in [0.3, 0.4) is 0 Å². The van der Waals surface area contributed by atoms with Crippen molar-refractivity contribution >= 4 is 11.9 Å². The third-order valence-corrected chi connectivity index (χ3v) is 6.38. The van der Waals surface area contributed by atoms with Gasteiger partial charge in [-0.05, 0) is 51.9 Å². The maximum atomic E-state index is 12.3. The minimum absolute atomic E-state index is 0.0238. The Morgan fingerprint density at radius 1 is 1.39 bits per heavy atom. The van der Waals surface area contributed by atoms with Gasteiger partial charge >= 0.3 is 11.9 Å². The topological polar surface area (TPSA) is 85.4 Å². The molecule has 1 N–H and O–H groups in total. The standard InChI is InChI=1S/C22H32O6/c1-13-8-6-9-21(4,25)10-7-11-22(5)17(28-22)12-16-14(2)20(24)27-19(16)18(13)26-15(3)23/h7,10,13,16-19,25H,2,6,8-9,11-12H2,1,3-5H3/b10-7-/t13-,16+,17-,18+,19-,21+,22-/m1/s1. The van der Waals surface area contributed by atoms with Crippen LogP contribution >= 0.6 is 0 Å². The van der Waals surface area contributed by atoms with Crippen molar-refractivity contribution in [1.82, 2.24) is 0 Å². The average molecular weight is 392 g/mol. The molecule has 0 amide bonds.